The van der Waals surface area contributed by atoms with Gasteiger partial charge >= 0.3 is 0 Å². The fourth-order valence-corrected chi connectivity index (χ4v) is 2.69. The van der Waals surface area contributed by atoms with Gasteiger partial charge < -0.3 is 0 Å². The number of hydrogen-bond donors (Lipinski definition) is 2. The van der Waals surface area contributed by atoms with E-state index in [9.17, 15) is 8.78 Å². The van der Waals surface area contributed by atoms with Crippen molar-refractivity contribution in [2.45, 2.75) is 19.4 Å². The molecule has 0 amide bonds. The molecule has 0 saturated carbocycles. The first-order valence-corrected chi connectivity index (χ1v) is 6.97. The van der Waals surface area contributed by atoms with E-state index in [1.54, 1.807) is 6.07 Å². The highest BCUT2D eigenvalue weighted by atomic mass is 79.9. The van der Waals surface area contributed by atoms with Crippen molar-refractivity contribution in [2.75, 3.05) is 0 Å². The van der Waals surface area contributed by atoms with Crippen molar-refractivity contribution in [2.24, 2.45) is 5.84 Å². The van der Waals surface area contributed by atoms with Crippen LogP contribution in [0.2, 0.25) is 0 Å². The SMILES string of the molecule is Cc1cc(Br)ccc1C(Cc1cccc(F)c1F)NN. The third-order valence-electron chi connectivity index (χ3n) is 3.26. The standard InChI is InChI=1S/C15H15BrF2N2/c1-9-7-11(16)5-6-12(9)14(20-19)8-10-3-2-4-13(17)15(10)18/h2-7,14,20H,8,19H2,1H3. The molecule has 0 radical (unpaired) electrons. The predicted octanol–water partition coefficient (Wildman–Crippen LogP) is 3.78. The summed E-state index contributed by atoms with van der Waals surface area (Å²) in [6.07, 6.45) is 0.280. The van der Waals surface area contributed by atoms with Crippen LogP contribution in [0.3, 0.4) is 0 Å². The van der Waals surface area contributed by atoms with Crippen LogP contribution >= 0.6 is 15.9 Å². The van der Waals surface area contributed by atoms with Crippen LogP contribution in [0.1, 0.15) is 22.7 Å². The molecule has 3 N–H and O–H groups in total. The van der Waals surface area contributed by atoms with Crippen LogP contribution in [0.4, 0.5) is 8.78 Å². The van der Waals surface area contributed by atoms with Crippen molar-refractivity contribution < 1.29 is 8.78 Å². The maximum Gasteiger partial charge on any atom is 0.162 e. The Hall–Kier alpha value is -1.30. The molecule has 106 valence electrons. The average molecular weight is 341 g/mol. The van der Waals surface area contributed by atoms with Gasteiger partial charge in [0, 0.05) is 4.47 Å². The smallest absolute Gasteiger partial charge is 0.162 e. The lowest BCUT2D eigenvalue weighted by Crippen LogP contribution is -2.30. The van der Waals surface area contributed by atoms with Gasteiger partial charge in [0.1, 0.15) is 0 Å². The predicted molar refractivity (Wildman–Crippen MR) is 79.0 cm³/mol. The van der Waals surface area contributed by atoms with Crippen LogP contribution in [0, 0.1) is 18.6 Å². The molecule has 0 aromatic heterocycles. The molecule has 5 heteroatoms. The zero-order valence-electron chi connectivity index (χ0n) is 11.0. The number of rotatable bonds is 4. The number of nitrogens with two attached hydrogens (primary N) is 1. The van der Waals surface area contributed by atoms with Gasteiger partial charge in [-0.25, -0.2) is 8.78 Å². The number of aryl methyl sites for hydroxylation is 1. The number of hydrazine groups is 1. The van der Waals surface area contributed by atoms with Crippen molar-refractivity contribution in [3.8, 4) is 0 Å². The third kappa shape index (κ3) is 3.23. The summed E-state index contributed by atoms with van der Waals surface area (Å²) in [5.74, 6) is 3.91. The summed E-state index contributed by atoms with van der Waals surface area (Å²) in [5, 5.41) is 0. The van der Waals surface area contributed by atoms with Crippen molar-refractivity contribution >= 4 is 15.9 Å². The Bertz CT molecular complexity index is 617. The van der Waals surface area contributed by atoms with E-state index < -0.39 is 11.6 Å². The number of hydrogen-bond acceptors (Lipinski definition) is 2. The minimum absolute atomic E-state index is 0.278. The Morgan fingerprint density at radius 1 is 1.25 bits per heavy atom. The zero-order valence-corrected chi connectivity index (χ0v) is 12.5. The molecule has 0 aliphatic rings. The molecule has 2 rings (SSSR count). The van der Waals surface area contributed by atoms with Crippen molar-refractivity contribution in [1.29, 1.82) is 0 Å². The Balaban J connectivity index is 2.31. The van der Waals surface area contributed by atoms with Crippen LogP contribution in [0.5, 0.6) is 0 Å². The van der Waals surface area contributed by atoms with Crippen LogP contribution in [0.15, 0.2) is 40.9 Å². The Kier molecular flexibility index (Phi) is 4.86. The van der Waals surface area contributed by atoms with Crippen LogP contribution in [-0.2, 0) is 6.42 Å². The topological polar surface area (TPSA) is 38.0 Å². The highest BCUT2D eigenvalue weighted by Gasteiger charge is 2.16. The molecule has 0 spiro atoms. The van der Waals surface area contributed by atoms with Crippen molar-refractivity contribution in [1.82, 2.24) is 5.43 Å². The highest BCUT2D eigenvalue weighted by molar-refractivity contribution is 9.10. The first-order valence-electron chi connectivity index (χ1n) is 6.18. The highest BCUT2D eigenvalue weighted by Crippen LogP contribution is 2.25. The molecule has 0 heterocycles. The van der Waals surface area contributed by atoms with E-state index in [0.29, 0.717) is 5.56 Å². The summed E-state index contributed by atoms with van der Waals surface area (Å²) in [5.41, 5.74) is 4.96. The van der Waals surface area contributed by atoms with Gasteiger partial charge in [0.2, 0.25) is 0 Å². The number of halogens is 3. The maximum absolute atomic E-state index is 13.7. The second kappa shape index (κ2) is 6.43. The molecule has 1 unspecified atom stereocenters. The van der Waals surface area contributed by atoms with Gasteiger partial charge in [-0.15, -0.1) is 0 Å². The third-order valence-corrected chi connectivity index (χ3v) is 3.76. The van der Waals surface area contributed by atoms with Gasteiger partial charge in [-0.05, 0) is 48.2 Å². The fraction of sp³-hybridized carbons (Fsp3) is 0.200. The lowest BCUT2D eigenvalue weighted by molar-refractivity contribution is 0.480. The quantitative estimate of drug-likeness (QED) is 0.656. The van der Waals surface area contributed by atoms with Gasteiger partial charge in [0.15, 0.2) is 11.6 Å². The molecule has 2 nitrogen and oxygen atoms in total. The molecule has 1 atom stereocenters. The van der Waals surface area contributed by atoms with Gasteiger partial charge in [0.25, 0.3) is 0 Å². The average Bonchev–Trinajstić information content (AvgIpc) is 2.41. The zero-order chi connectivity index (χ0) is 14.7. The van der Waals surface area contributed by atoms with Crippen LogP contribution in [-0.4, -0.2) is 0 Å². The van der Waals surface area contributed by atoms with E-state index in [1.165, 1.54) is 6.07 Å². The lowest BCUT2D eigenvalue weighted by atomic mass is 9.95. The summed E-state index contributed by atoms with van der Waals surface area (Å²) in [7, 11) is 0. The van der Waals surface area contributed by atoms with Crippen LogP contribution < -0.4 is 11.3 Å². The maximum atomic E-state index is 13.7. The van der Waals surface area contributed by atoms with E-state index in [2.05, 4.69) is 21.4 Å². The summed E-state index contributed by atoms with van der Waals surface area (Å²) < 4.78 is 27.9. The summed E-state index contributed by atoms with van der Waals surface area (Å²) in [4.78, 5) is 0. The molecule has 0 fully saturated rings. The van der Waals surface area contributed by atoms with Gasteiger partial charge in [-0.2, -0.15) is 0 Å². The number of benzene rings is 2. The molecule has 0 aliphatic heterocycles. The number of nitrogens with one attached hydrogen (secondary N) is 1. The fourth-order valence-electron chi connectivity index (χ4n) is 2.21. The Labute approximate surface area is 125 Å². The summed E-state index contributed by atoms with van der Waals surface area (Å²) in [6.45, 7) is 1.95. The normalized spacial score (nSPS) is 12.4. The first kappa shape index (κ1) is 15.1. The molecular weight excluding hydrogens is 326 g/mol. The van der Waals surface area contributed by atoms with Gasteiger partial charge in [0.05, 0.1) is 6.04 Å². The monoisotopic (exact) mass is 340 g/mol. The van der Waals surface area contributed by atoms with Crippen LogP contribution in [0.25, 0.3) is 0 Å². The largest absolute Gasteiger partial charge is 0.271 e. The van der Waals surface area contributed by atoms with E-state index in [1.807, 2.05) is 25.1 Å². The molecule has 0 bridgehead atoms. The molecule has 0 saturated heterocycles. The van der Waals surface area contributed by atoms with E-state index >= 15 is 0 Å². The molecule has 2 aromatic carbocycles. The van der Waals surface area contributed by atoms with E-state index in [-0.39, 0.29) is 12.5 Å². The molecular formula is C15H15BrF2N2. The second-order valence-corrected chi connectivity index (χ2v) is 5.55. The Morgan fingerprint density at radius 2 is 2.00 bits per heavy atom. The molecule has 0 aliphatic carbocycles. The minimum Gasteiger partial charge on any atom is -0.271 e. The van der Waals surface area contributed by atoms with Gasteiger partial charge in [-0.1, -0.05) is 34.1 Å². The van der Waals surface area contributed by atoms with Crippen molar-refractivity contribution in [3.63, 3.8) is 0 Å². The van der Waals surface area contributed by atoms with Crippen molar-refractivity contribution in [3.05, 3.63) is 69.2 Å². The molecule has 20 heavy (non-hydrogen) atoms. The van der Waals surface area contributed by atoms with Gasteiger partial charge in [-0.3, -0.25) is 11.3 Å². The summed E-state index contributed by atoms with van der Waals surface area (Å²) in [6, 6.07) is 9.66. The minimum atomic E-state index is -0.842. The van der Waals surface area contributed by atoms with E-state index in [0.717, 1.165) is 21.7 Å². The summed E-state index contributed by atoms with van der Waals surface area (Å²) >= 11 is 3.39. The van der Waals surface area contributed by atoms with E-state index in [4.69, 9.17) is 5.84 Å². The lowest BCUT2D eigenvalue weighted by Gasteiger charge is -2.19. The first-order chi connectivity index (χ1) is 9.52. The molecule has 2 aromatic rings. The Morgan fingerprint density at radius 3 is 2.65 bits per heavy atom. The second-order valence-electron chi connectivity index (χ2n) is 4.64.